The van der Waals surface area contributed by atoms with Crippen molar-refractivity contribution in [1.29, 1.82) is 5.26 Å². The second kappa shape index (κ2) is 7.79. The molecule has 0 N–H and O–H groups in total. The van der Waals surface area contributed by atoms with Crippen molar-refractivity contribution in [2.45, 2.75) is 49.1 Å². The lowest BCUT2D eigenvalue weighted by Gasteiger charge is -2.25. The van der Waals surface area contributed by atoms with Crippen LogP contribution in [-0.4, -0.2) is 14.8 Å². The van der Waals surface area contributed by atoms with Gasteiger partial charge in [-0.15, -0.1) is 10.2 Å². The topological polar surface area (TPSA) is 67.6 Å². The number of furan rings is 1. The number of nitrogens with zero attached hydrogens (tertiary/aromatic N) is 4. The van der Waals surface area contributed by atoms with Crippen LogP contribution < -0.4 is 0 Å². The number of thioether (sulfide) groups is 1. The van der Waals surface area contributed by atoms with Crippen LogP contribution >= 0.6 is 11.8 Å². The standard InChI is InChI=1S/C20H20N4OS/c21-13-15-6-4-7-16(12-15)14-26-20-23-22-19(18-10-5-11-25-18)24(20)17-8-2-1-3-9-17/h4-7,10-12,17H,1-3,8-9,14H2. The molecule has 6 heteroatoms. The van der Waals surface area contributed by atoms with Gasteiger partial charge in [-0.25, -0.2) is 0 Å². The maximum Gasteiger partial charge on any atom is 0.200 e. The molecule has 26 heavy (non-hydrogen) atoms. The molecule has 4 rings (SSSR count). The summed E-state index contributed by atoms with van der Waals surface area (Å²) >= 11 is 1.67. The van der Waals surface area contributed by atoms with Crippen LogP contribution in [0, 0.1) is 11.3 Å². The molecule has 132 valence electrons. The van der Waals surface area contributed by atoms with E-state index in [1.807, 2.05) is 36.4 Å². The first-order valence-electron chi connectivity index (χ1n) is 8.96. The number of aromatic nitrogens is 3. The average molecular weight is 364 g/mol. The van der Waals surface area contributed by atoms with Gasteiger partial charge in [0.1, 0.15) is 0 Å². The van der Waals surface area contributed by atoms with Gasteiger partial charge in [0.2, 0.25) is 5.82 Å². The molecule has 3 aromatic rings. The summed E-state index contributed by atoms with van der Waals surface area (Å²) in [7, 11) is 0. The fourth-order valence-corrected chi connectivity index (χ4v) is 4.44. The van der Waals surface area contributed by atoms with E-state index in [0.717, 1.165) is 40.9 Å². The minimum atomic E-state index is 0.423. The lowest BCUT2D eigenvalue weighted by molar-refractivity contribution is 0.337. The zero-order chi connectivity index (χ0) is 17.8. The number of hydrogen-bond acceptors (Lipinski definition) is 5. The predicted octanol–water partition coefficient (Wildman–Crippen LogP) is 5.21. The zero-order valence-corrected chi connectivity index (χ0v) is 15.3. The molecule has 2 heterocycles. The second-order valence-corrected chi connectivity index (χ2v) is 7.49. The molecule has 1 fully saturated rings. The van der Waals surface area contributed by atoms with Crippen molar-refractivity contribution in [3.63, 3.8) is 0 Å². The minimum Gasteiger partial charge on any atom is -0.461 e. The highest BCUT2D eigenvalue weighted by atomic mass is 32.2. The van der Waals surface area contributed by atoms with Gasteiger partial charge in [0, 0.05) is 11.8 Å². The van der Waals surface area contributed by atoms with Gasteiger partial charge in [-0.2, -0.15) is 5.26 Å². The highest BCUT2D eigenvalue weighted by molar-refractivity contribution is 7.98. The smallest absolute Gasteiger partial charge is 0.200 e. The summed E-state index contributed by atoms with van der Waals surface area (Å²) in [4.78, 5) is 0. The van der Waals surface area contributed by atoms with E-state index in [-0.39, 0.29) is 0 Å². The van der Waals surface area contributed by atoms with Crippen molar-refractivity contribution in [2.75, 3.05) is 0 Å². The Hall–Kier alpha value is -2.52. The molecule has 0 spiro atoms. The summed E-state index contributed by atoms with van der Waals surface area (Å²) in [6.07, 6.45) is 7.78. The van der Waals surface area contributed by atoms with Crippen LogP contribution in [0.25, 0.3) is 11.6 Å². The van der Waals surface area contributed by atoms with Gasteiger partial charge in [-0.3, -0.25) is 4.57 Å². The third-order valence-electron chi connectivity index (χ3n) is 4.77. The molecule has 0 atom stereocenters. The van der Waals surface area contributed by atoms with E-state index in [4.69, 9.17) is 9.68 Å². The van der Waals surface area contributed by atoms with Gasteiger partial charge in [0.05, 0.1) is 17.9 Å². The highest BCUT2D eigenvalue weighted by Gasteiger charge is 2.24. The normalized spacial score (nSPS) is 15.0. The summed E-state index contributed by atoms with van der Waals surface area (Å²) in [5.74, 6) is 2.34. The van der Waals surface area contributed by atoms with E-state index in [0.29, 0.717) is 11.6 Å². The fourth-order valence-electron chi connectivity index (χ4n) is 3.50. The quantitative estimate of drug-likeness (QED) is 0.582. The predicted molar refractivity (Wildman–Crippen MR) is 101 cm³/mol. The molecule has 0 unspecified atom stereocenters. The lowest BCUT2D eigenvalue weighted by Crippen LogP contribution is -2.15. The Bertz CT molecular complexity index is 904. The van der Waals surface area contributed by atoms with Gasteiger partial charge in [-0.05, 0) is 42.7 Å². The minimum absolute atomic E-state index is 0.423. The Labute approximate surface area is 157 Å². The number of hydrogen-bond donors (Lipinski definition) is 0. The SMILES string of the molecule is N#Cc1cccc(CSc2nnc(-c3ccco3)n2C2CCCCC2)c1. The van der Waals surface area contributed by atoms with E-state index in [2.05, 4.69) is 20.8 Å². The van der Waals surface area contributed by atoms with E-state index >= 15 is 0 Å². The Balaban J connectivity index is 1.61. The van der Waals surface area contributed by atoms with Gasteiger partial charge in [-0.1, -0.05) is 43.2 Å². The Morgan fingerprint density at radius 2 is 2.04 bits per heavy atom. The molecule has 1 saturated carbocycles. The molecule has 0 aliphatic heterocycles. The number of benzene rings is 1. The summed E-state index contributed by atoms with van der Waals surface area (Å²) in [5.41, 5.74) is 1.81. The Kier molecular flexibility index (Phi) is 5.07. The molecule has 1 aromatic carbocycles. The van der Waals surface area contributed by atoms with Crippen molar-refractivity contribution < 1.29 is 4.42 Å². The van der Waals surface area contributed by atoms with Crippen LogP contribution in [0.15, 0.2) is 52.2 Å². The molecular weight excluding hydrogens is 344 g/mol. The Morgan fingerprint density at radius 1 is 1.15 bits per heavy atom. The maximum atomic E-state index is 9.08. The van der Waals surface area contributed by atoms with Crippen molar-refractivity contribution in [3.8, 4) is 17.7 Å². The molecule has 0 bridgehead atoms. The second-order valence-electron chi connectivity index (χ2n) is 6.55. The first-order valence-corrected chi connectivity index (χ1v) is 9.94. The van der Waals surface area contributed by atoms with Gasteiger partial charge < -0.3 is 4.42 Å². The molecule has 1 aliphatic carbocycles. The van der Waals surface area contributed by atoms with E-state index < -0.39 is 0 Å². The lowest BCUT2D eigenvalue weighted by atomic mass is 9.95. The van der Waals surface area contributed by atoms with Gasteiger partial charge in [0.15, 0.2) is 10.9 Å². The maximum absolute atomic E-state index is 9.08. The molecule has 0 saturated heterocycles. The number of rotatable bonds is 5. The summed E-state index contributed by atoms with van der Waals surface area (Å²) < 4.78 is 7.85. The number of nitriles is 1. The van der Waals surface area contributed by atoms with Crippen molar-refractivity contribution in [3.05, 3.63) is 53.8 Å². The van der Waals surface area contributed by atoms with Crippen molar-refractivity contribution in [1.82, 2.24) is 14.8 Å². The third kappa shape index (κ3) is 3.54. The van der Waals surface area contributed by atoms with Crippen LogP contribution in [0.1, 0.15) is 49.3 Å². The zero-order valence-electron chi connectivity index (χ0n) is 14.5. The Morgan fingerprint density at radius 3 is 2.81 bits per heavy atom. The molecule has 0 radical (unpaired) electrons. The molecule has 0 amide bonds. The molecule has 2 aromatic heterocycles. The van der Waals surface area contributed by atoms with Crippen LogP contribution in [0.5, 0.6) is 0 Å². The van der Waals surface area contributed by atoms with Gasteiger partial charge in [0.25, 0.3) is 0 Å². The fraction of sp³-hybridized carbons (Fsp3) is 0.350. The largest absolute Gasteiger partial charge is 0.461 e. The third-order valence-corrected chi connectivity index (χ3v) is 5.78. The van der Waals surface area contributed by atoms with E-state index in [1.165, 1.54) is 19.3 Å². The molecule has 5 nitrogen and oxygen atoms in total. The molecule has 1 aliphatic rings. The van der Waals surface area contributed by atoms with Crippen LogP contribution in [0.3, 0.4) is 0 Å². The van der Waals surface area contributed by atoms with Crippen molar-refractivity contribution in [2.24, 2.45) is 0 Å². The van der Waals surface area contributed by atoms with Crippen LogP contribution in [-0.2, 0) is 5.75 Å². The summed E-state index contributed by atoms with van der Waals surface area (Å²) in [6, 6.07) is 14.2. The van der Waals surface area contributed by atoms with E-state index in [9.17, 15) is 0 Å². The van der Waals surface area contributed by atoms with Crippen LogP contribution in [0.4, 0.5) is 0 Å². The summed E-state index contributed by atoms with van der Waals surface area (Å²) in [6.45, 7) is 0. The average Bonchev–Trinajstić information content (AvgIpc) is 3.36. The van der Waals surface area contributed by atoms with E-state index in [1.54, 1.807) is 18.0 Å². The molecular formula is C20H20N4OS. The highest BCUT2D eigenvalue weighted by Crippen LogP contribution is 2.36. The van der Waals surface area contributed by atoms with Crippen LogP contribution in [0.2, 0.25) is 0 Å². The van der Waals surface area contributed by atoms with Gasteiger partial charge >= 0.3 is 0 Å². The monoisotopic (exact) mass is 364 g/mol. The van der Waals surface area contributed by atoms with Crippen molar-refractivity contribution >= 4 is 11.8 Å². The first kappa shape index (κ1) is 16.9. The summed E-state index contributed by atoms with van der Waals surface area (Å²) in [5, 5.41) is 18.9. The first-order chi connectivity index (χ1) is 12.8.